The normalized spacial score (nSPS) is 10.8. The third kappa shape index (κ3) is 1.38. The number of hydrogen-bond donors (Lipinski definition) is 2. The molecule has 2 N–H and O–H groups in total. The Balaban J connectivity index is 2.40. The van der Waals surface area contributed by atoms with Gasteiger partial charge in [-0.15, -0.1) is 0 Å². The molecule has 0 unspecified atom stereocenters. The molecule has 0 amide bonds. The maximum atomic E-state index is 11.9. The highest BCUT2D eigenvalue weighted by Crippen LogP contribution is 2.24. The van der Waals surface area contributed by atoms with E-state index in [9.17, 15) is 9.90 Å². The Morgan fingerprint density at radius 2 is 2.00 bits per heavy atom. The lowest BCUT2D eigenvalue weighted by Gasteiger charge is -2.04. The van der Waals surface area contributed by atoms with Crippen molar-refractivity contribution in [3.8, 4) is 17.0 Å². The molecule has 0 radical (unpaired) electrons. The van der Waals surface area contributed by atoms with Gasteiger partial charge in [-0.2, -0.15) is 14.6 Å². The van der Waals surface area contributed by atoms with Gasteiger partial charge in [0.1, 0.15) is 11.9 Å². The third-order valence-electron chi connectivity index (χ3n) is 2.49. The Morgan fingerprint density at radius 3 is 2.76 bits per heavy atom. The summed E-state index contributed by atoms with van der Waals surface area (Å²) in [6, 6.07) is 8.91. The van der Waals surface area contributed by atoms with E-state index in [2.05, 4.69) is 15.1 Å². The fourth-order valence-electron chi connectivity index (χ4n) is 1.72. The van der Waals surface area contributed by atoms with Crippen LogP contribution in [0.5, 0.6) is 5.88 Å². The Hall–Kier alpha value is -2.63. The topological polar surface area (TPSA) is 83.3 Å². The van der Waals surface area contributed by atoms with Crippen molar-refractivity contribution in [3.05, 3.63) is 47.0 Å². The smallest absolute Gasteiger partial charge is 0.264 e. The van der Waals surface area contributed by atoms with Crippen LogP contribution in [0.2, 0.25) is 0 Å². The largest absolute Gasteiger partial charge is 0.493 e. The quantitative estimate of drug-likeness (QED) is 0.645. The second-order valence-electron chi connectivity index (χ2n) is 3.51. The Labute approximate surface area is 95.2 Å². The average molecular weight is 228 g/mol. The number of fused-ring (bicyclic) bond motifs is 1. The second kappa shape index (κ2) is 3.44. The van der Waals surface area contributed by atoms with Crippen LogP contribution in [0.4, 0.5) is 0 Å². The highest BCUT2D eigenvalue weighted by Gasteiger charge is 2.14. The van der Waals surface area contributed by atoms with Crippen molar-refractivity contribution >= 4 is 5.78 Å². The van der Waals surface area contributed by atoms with Gasteiger partial charge in [-0.1, -0.05) is 30.3 Å². The molecule has 6 nitrogen and oxygen atoms in total. The van der Waals surface area contributed by atoms with E-state index in [4.69, 9.17) is 0 Å². The number of aromatic hydroxyl groups is 1. The molecule has 0 atom stereocenters. The van der Waals surface area contributed by atoms with E-state index in [0.717, 1.165) is 0 Å². The van der Waals surface area contributed by atoms with E-state index in [0.29, 0.717) is 5.56 Å². The number of aromatic nitrogens is 4. The number of benzene rings is 1. The zero-order valence-corrected chi connectivity index (χ0v) is 8.66. The van der Waals surface area contributed by atoms with Crippen molar-refractivity contribution in [1.82, 2.24) is 19.6 Å². The van der Waals surface area contributed by atoms with Crippen LogP contribution in [0.3, 0.4) is 0 Å². The molecule has 0 aliphatic heterocycles. The first-order valence-corrected chi connectivity index (χ1v) is 4.98. The summed E-state index contributed by atoms with van der Waals surface area (Å²) in [4.78, 5) is 18.2. The van der Waals surface area contributed by atoms with Crippen LogP contribution in [0, 0.1) is 0 Å². The minimum atomic E-state index is -0.394. The van der Waals surface area contributed by atoms with Gasteiger partial charge in [0.15, 0.2) is 0 Å². The molecule has 0 saturated carbocycles. The SMILES string of the molecule is O=c1[nH]c2ncnn2c(O)c1-c1ccccc1. The number of nitrogens with zero attached hydrogens (tertiary/aromatic N) is 3. The molecule has 0 aliphatic carbocycles. The monoisotopic (exact) mass is 228 g/mol. The van der Waals surface area contributed by atoms with E-state index >= 15 is 0 Å². The molecule has 2 aromatic heterocycles. The number of nitrogens with one attached hydrogen (secondary N) is 1. The van der Waals surface area contributed by atoms with Crippen LogP contribution in [0.25, 0.3) is 16.9 Å². The molecule has 3 aromatic rings. The first-order valence-electron chi connectivity index (χ1n) is 4.98. The van der Waals surface area contributed by atoms with E-state index in [1.165, 1.54) is 10.8 Å². The molecule has 0 spiro atoms. The summed E-state index contributed by atoms with van der Waals surface area (Å²) in [7, 11) is 0. The van der Waals surface area contributed by atoms with Gasteiger partial charge in [0.2, 0.25) is 11.7 Å². The van der Waals surface area contributed by atoms with Gasteiger partial charge in [0, 0.05) is 0 Å². The molecule has 2 heterocycles. The van der Waals surface area contributed by atoms with Crippen LogP contribution >= 0.6 is 0 Å². The molecule has 0 saturated heterocycles. The van der Waals surface area contributed by atoms with Gasteiger partial charge < -0.3 is 5.11 Å². The zero-order valence-electron chi connectivity index (χ0n) is 8.66. The second-order valence-corrected chi connectivity index (χ2v) is 3.51. The van der Waals surface area contributed by atoms with Crippen molar-refractivity contribution in [2.24, 2.45) is 0 Å². The van der Waals surface area contributed by atoms with Crippen molar-refractivity contribution in [3.63, 3.8) is 0 Å². The van der Waals surface area contributed by atoms with Crippen LogP contribution in [-0.2, 0) is 0 Å². The minimum Gasteiger partial charge on any atom is -0.493 e. The Kier molecular flexibility index (Phi) is 1.94. The predicted molar refractivity (Wildman–Crippen MR) is 60.7 cm³/mol. The lowest BCUT2D eigenvalue weighted by Crippen LogP contribution is -2.12. The summed E-state index contributed by atoms with van der Waals surface area (Å²) in [6.45, 7) is 0. The van der Waals surface area contributed by atoms with E-state index in [1.807, 2.05) is 6.07 Å². The molecular formula is C11H8N4O2. The van der Waals surface area contributed by atoms with Crippen LogP contribution in [0.1, 0.15) is 0 Å². The first-order chi connectivity index (χ1) is 8.27. The van der Waals surface area contributed by atoms with Gasteiger partial charge in [-0.3, -0.25) is 9.78 Å². The van der Waals surface area contributed by atoms with Crippen LogP contribution in [0.15, 0.2) is 41.5 Å². The maximum absolute atomic E-state index is 11.9. The molecule has 0 fully saturated rings. The fraction of sp³-hybridized carbons (Fsp3) is 0. The van der Waals surface area contributed by atoms with E-state index < -0.39 is 5.56 Å². The maximum Gasteiger partial charge on any atom is 0.264 e. The zero-order chi connectivity index (χ0) is 11.8. The molecule has 17 heavy (non-hydrogen) atoms. The van der Waals surface area contributed by atoms with Crippen molar-refractivity contribution < 1.29 is 5.11 Å². The number of aromatic amines is 1. The summed E-state index contributed by atoms with van der Waals surface area (Å²) in [5, 5.41) is 13.8. The summed E-state index contributed by atoms with van der Waals surface area (Å²) < 4.78 is 1.18. The molecule has 0 aliphatic rings. The van der Waals surface area contributed by atoms with Crippen molar-refractivity contribution in [1.29, 1.82) is 0 Å². The van der Waals surface area contributed by atoms with Crippen molar-refractivity contribution in [2.45, 2.75) is 0 Å². The minimum absolute atomic E-state index is 0.184. The summed E-state index contributed by atoms with van der Waals surface area (Å²) in [6.07, 6.45) is 1.26. The van der Waals surface area contributed by atoms with Gasteiger partial charge in [0.25, 0.3) is 5.56 Å². The number of rotatable bonds is 1. The highest BCUT2D eigenvalue weighted by atomic mass is 16.3. The van der Waals surface area contributed by atoms with Gasteiger partial charge in [0.05, 0.1) is 0 Å². The number of hydrogen-bond acceptors (Lipinski definition) is 4. The van der Waals surface area contributed by atoms with Gasteiger partial charge in [-0.25, -0.2) is 0 Å². The molecule has 0 bridgehead atoms. The molecule has 6 heteroatoms. The van der Waals surface area contributed by atoms with Gasteiger partial charge >= 0.3 is 0 Å². The Morgan fingerprint density at radius 1 is 1.24 bits per heavy atom. The summed E-state index contributed by atoms with van der Waals surface area (Å²) >= 11 is 0. The predicted octanol–water partition coefficient (Wildman–Crippen LogP) is 0.790. The fourth-order valence-corrected chi connectivity index (χ4v) is 1.72. The standard InChI is InChI=1S/C11H8N4O2/c16-9-8(7-4-2-1-3-5-7)10(17)15-11(14-9)12-6-13-15/h1-6,17H,(H,12,13,14,16). The van der Waals surface area contributed by atoms with Crippen molar-refractivity contribution in [2.75, 3.05) is 0 Å². The summed E-state index contributed by atoms with van der Waals surface area (Å²) in [5.74, 6) is -0.000342. The lowest BCUT2D eigenvalue weighted by molar-refractivity contribution is 0.436. The first kappa shape index (κ1) is 9.59. The highest BCUT2D eigenvalue weighted by molar-refractivity contribution is 5.68. The van der Waals surface area contributed by atoms with Crippen LogP contribution < -0.4 is 5.56 Å². The summed E-state index contributed by atoms with van der Waals surface area (Å²) in [5.41, 5.74) is 0.418. The lowest BCUT2D eigenvalue weighted by atomic mass is 10.1. The van der Waals surface area contributed by atoms with Crippen LogP contribution in [-0.4, -0.2) is 24.7 Å². The molecular weight excluding hydrogens is 220 g/mol. The van der Waals surface area contributed by atoms with E-state index in [1.54, 1.807) is 24.3 Å². The number of H-pyrrole nitrogens is 1. The average Bonchev–Trinajstić information content (AvgIpc) is 2.78. The molecule has 3 rings (SSSR count). The van der Waals surface area contributed by atoms with E-state index in [-0.39, 0.29) is 17.2 Å². The molecule has 84 valence electrons. The van der Waals surface area contributed by atoms with Gasteiger partial charge in [-0.05, 0) is 5.56 Å². The molecule has 1 aromatic carbocycles. The Bertz CT molecular complexity index is 730. The third-order valence-corrected chi connectivity index (χ3v) is 2.49.